The van der Waals surface area contributed by atoms with E-state index in [-0.39, 0.29) is 0 Å². The Morgan fingerprint density at radius 1 is 0.458 bits per heavy atom. The molecule has 9 aromatic rings. The maximum absolute atomic E-state index is 10.1. The van der Waals surface area contributed by atoms with Crippen LogP contribution in [0.4, 0.5) is 17.1 Å². The van der Waals surface area contributed by atoms with Crippen LogP contribution in [0.1, 0.15) is 11.1 Å². The van der Waals surface area contributed by atoms with Crippen LogP contribution in [0.3, 0.4) is 0 Å². The predicted molar refractivity (Wildman–Crippen MR) is 189 cm³/mol. The molecule has 0 aliphatic rings. The summed E-state index contributed by atoms with van der Waals surface area (Å²) in [7, 11) is 0. The molecule has 0 atom stereocenters. The quantitative estimate of drug-likeness (QED) is 0.197. The largest absolute Gasteiger partial charge is 0.311 e. The average molecular weight is 617 g/mol. The number of hydrogen-bond donors (Lipinski definition) is 0. The molecule has 0 radical (unpaired) electrons. The van der Waals surface area contributed by atoms with Crippen LogP contribution in [0.15, 0.2) is 146 Å². The van der Waals surface area contributed by atoms with Gasteiger partial charge in [-0.3, -0.25) is 8.80 Å². The SMILES string of the molecule is N#Cc1cc2c(cc1C#N)n1c3ccccc3nc1n(-c1ccc(N(c3ccccc3)c3ccccc3)cc1)c1nc3ccccc3n21. The number of benzene rings is 6. The molecule has 48 heavy (non-hydrogen) atoms. The molecule has 0 unspecified atom stereocenters. The lowest BCUT2D eigenvalue weighted by atomic mass is 10.1. The highest BCUT2D eigenvalue weighted by Crippen LogP contribution is 2.36. The molecular formula is C40H24N8. The number of fused-ring (bicyclic) bond motifs is 9. The molecule has 0 N–H and O–H groups in total. The van der Waals surface area contributed by atoms with Crippen LogP contribution in [-0.2, 0) is 0 Å². The zero-order chi connectivity index (χ0) is 32.2. The highest BCUT2D eigenvalue weighted by molar-refractivity contribution is 5.94. The second kappa shape index (κ2) is 10.7. The summed E-state index contributed by atoms with van der Waals surface area (Å²) in [6.07, 6.45) is 0. The van der Waals surface area contributed by atoms with Crippen molar-refractivity contribution in [3.05, 3.63) is 157 Å². The fourth-order valence-corrected chi connectivity index (χ4v) is 6.59. The summed E-state index contributed by atoms with van der Waals surface area (Å²) < 4.78 is 6.17. The van der Waals surface area contributed by atoms with Crippen molar-refractivity contribution in [3.63, 3.8) is 0 Å². The van der Waals surface area contributed by atoms with Crippen molar-refractivity contribution in [3.8, 4) is 17.8 Å². The molecule has 8 nitrogen and oxygen atoms in total. The minimum atomic E-state index is 0.297. The molecule has 0 aliphatic carbocycles. The molecule has 0 spiro atoms. The number of rotatable bonds is 4. The zero-order valence-corrected chi connectivity index (χ0v) is 25.4. The number of para-hydroxylation sites is 6. The minimum absolute atomic E-state index is 0.297. The van der Waals surface area contributed by atoms with Gasteiger partial charge in [0.05, 0.1) is 49.9 Å². The number of imidazole rings is 2. The van der Waals surface area contributed by atoms with Crippen LogP contribution in [0.25, 0.3) is 50.3 Å². The van der Waals surface area contributed by atoms with E-state index in [1.165, 1.54) is 0 Å². The topological polar surface area (TPSA) is 90.3 Å². The number of anilines is 3. The molecule has 0 bridgehead atoms. The van der Waals surface area contributed by atoms with Crippen molar-refractivity contribution >= 4 is 61.7 Å². The van der Waals surface area contributed by atoms with Gasteiger partial charge in [0.1, 0.15) is 12.1 Å². The Kier molecular flexibility index (Phi) is 6.07. The normalized spacial score (nSPS) is 11.3. The standard InChI is InChI=1S/C40H24N8/c41-25-27-23-37-38(24-28(27)26-42)48-36-18-10-8-16-34(36)44-40(48)46(39-43-33-15-7-9-17-35(33)47(37)39)32-21-19-31(20-22-32)45(29-11-3-1-4-12-29)30-13-5-2-6-14-30/h1-24H. The molecular weight excluding hydrogens is 592 g/mol. The number of aromatic nitrogens is 5. The maximum atomic E-state index is 10.1. The van der Waals surface area contributed by atoms with Gasteiger partial charge in [-0.25, -0.2) is 14.5 Å². The van der Waals surface area contributed by atoms with E-state index in [1.54, 1.807) is 12.1 Å². The Labute approximate surface area is 274 Å². The van der Waals surface area contributed by atoms with E-state index in [0.29, 0.717) is 22.7 Å². The van der Waals surface area contributed by atoms with Crippen LogP contribution < -0.4 is 4.90 Å². The van der Waals surface area contributed by atoms with Crippen molar-refractivity contribution in [2.24, 2.45) is 0 Å². The van der Waals surface area contributed by atoms with Crippen LogP contribution in [0.5, 0.6) is 0 Å². The van der Waals surface area contributed by atoms with Crippen LogP contribution in [-0.4, -0.2) is 23.3 Å². The third-order valence-corrected chi connectivity index (χ3v) is 8.72. The van der Waals surface area contributed by atoms with Crippen LogP contribution in [0, 0.1) is 22.7 Å². The lowest BCUT2D eigenvalue weighted by Crippen LogP contribution is -2.10. The third-order valence-electron chi connectivity index (χ3n) is 8.72. The summed E-state index contributed by atoms with van der Waals surface area (Å²) in [6, 6.07) is 52.9. The summed E-state index contributed by atoms with van der Waals surface area (Å²) in [5, 5.41) is 20.1. The van der Waals surface area contributed by atoms with Gasteiger partial charge in [-0.05, 0) is 84.9 Å². The van der Waals surface area contributed by atoms with Crippen molar-refractivity contribution in [1.82, 2.24) is 23.3 Å². The molecule has 0 saturated heterocycles. The highest BCUT2D eigenvalue weighted by Gasteiger charge is 2.21. The van der Waals surface area contributed by atoms with Gasteiger partial charge in [-0.1, -0.05) is 60.7 Å². The van der Waals surface area contributed by atoms with Gasteiger partial charge in [0.2, 0.25) is 11.6 Å². The Bertz CT molecular complexity index is 2620. The molecule has 3 heterocycles. The molecule has 0 saturated carbocycles. The molecule has 8 heteroatoms. The van der Waals surface area contributed by atoms with E-state index < -0.39 is 0 Å². The summed E-state index contributed by atoms with van der Waals surface area (Å²) in [4.78, 5) is 12.6. The molecule has 0 fully saturated rings. The lowest BCUT2D eigenvalue weighted by Gasteiger charge is -2.25. The monoisotopic (exact) mass is 616 g/mol. The van der Waals surface area contributed by atoms with Crippen molar-refractivity contribution in [2.45, 2.75) is 0 Å². The highest BCUT2D eigenvalue weighted by atomic mass is 15.3. The molecule has 9 rings (SSSR count). The van der Waals surface area contributed by atoms with Crippen molar-refractivity contribution < 1.29 is 0 Å². The third kappa shape index (κ3) is 4.07. The first kappa shape index (κ1) is 27.2. The Balaban J connectivity index is 1.41. The summed E-state index contributed by atoms with van der Waals surface area (Å²) in [5.41, 5.74) is 9.34. The van der Waals surface area contributed by atoms with E-state index in [2.05, 4.69) is 78.9 Å². The van der Waals surface area contributed by atoms with Crippen molar-refractivity contribution in [2.75, 3.05) is 4.90 Å². The van der Waals surface area contributed by atoms with Gasteiger partial charge in [0.25, 0.3) is 0 Å². The predicted octanol–water partition coefficient (Wildman–Crippen LogP) is 9.01. The van der Waals surface area contributed by atoms with Gasteiger partial charge >= 0.3 is 0 Å². The van der Waals surface area contributed by atoms with E-state index in [4.69, 9.17) is 9.97 Å². The molecule has 3 aromatic heterocycles. The van der Waals surface area contributed by atoms with E-state index in [9.17, 15) is 10.5 Å². The van der Waals surface area contributed by atoms with Gasteiger partial charge in [0.15, 0.2) is 0 Å². The first-order valence-electron chi connectivity index (χ1n) is 15.5. The van der Waals surface area contributed by atoms with Crippen LogP contribution >= 0.6 is 0 Å². The smallest absolute Gasteiger partial charge is 0.223 e. The Hall–Kier alpha value is -7.16. The van der Waals surface area contributed by atoms with Gasteiger partial charge < -0.3 is 4.90 Å². The fourth-order valence-electron chi connectivity index (χ4n) is 6.59. The fraction of sp³-hybridized carbons (Fsp3) is 0. The van der Waals surface area contributed by atoms with E-state index in [1.807, 2.05) is 84.9 Å². The summed E-state index contributed by atoms with van der Waals surface area (Å²) in [5.74, 6) is 1.24. The summed E-state index contributed by atoms with van der Waals surface area (Å²) in [6.45, 7) is 0. The zero-order valence-electron chi connectivity index (χ0n) is 25.4. The first-order valence-corrected chi connectivity index (χ1v) is 15.5. The van der Waals surface area contributed by atoms with Gasteiger partial charge in [-0.2, -0.15) is 10.5 Å². The lowest BCUT2D eigenvalue weighted by molar-refractivity contribution is 1.03. The second-order valence-corrected chi connectivity index (χ2v) is 11.4. The minimum Gasteiger partial charge on any atom is -0.311 e. The van der Waals surface area contributed by atoms with Gasteiger partial charge in [-0.15, -0.1) is 0 Å². The second-order valence-electron chi connectivity index (χ2n) is 11.4. The van der Waals surface area contributed by atoms with E-state index >= 15 is 0 Å². The molecule has 0 aliphatic heterocycles. The molecule has 224 valence electrons. The number of hydrogen-bond acceptors (Lipinski definition) is 5. The maximum Gasteiger partial charge on any atom is 0.223 e. The Morgan fingerprint density at radius 2 is 0.875 bits per heavy atom. The molecule has 6 aromatic carbocycles. The first-order chi connectivity index (χ1) is 23.7. The number of nitrogens with zero attached hydrogens (tertiary/aromatic N) is 8. The summed E-state index contributed by atoms with van der Waals surface area (Å²) >= 11 is 0. The van der Waals surface area contributed by atoms with Crippen LogP contribution in [0.2, 0.25) is 0 Å². The van der Waals surface area contributed by atoms with Crippen molar-refractivity contribution in [1.29, 1.82) is 10.5 Å². The average Bonchev–Trinajstić information content (AvgIpc) is 3.69. The van der Waals surface area contributed by atoms with E-state index in [0.717, 1.165) is 55.8 Å². The van der Waals surface area contributed by atoms with Gasteiger partial charge in [0, 0.05) is 17.1 Å². The molecule has 0 amide bonds. The Morgan fingerprint density at radius 3 is 1.33 bits per heavy atom. The number of nitriles is 2.